The Kier molecular flexibility index (Phi) is 6.28. The Morgan fingerprint density at radius 1 is 1.18 bits per heavy atom. The van der Waals surface area contributed by atoms with Crippen LogP contribution in [0.25, 0.3) is 0 Å². The van der Waals surface area contributed by atoms with E-state index in [-0.39, 0.29) is 0 Å². The van der Waals surface area contributed by atoms with Crippen molar-refractivity contribution in [3.8, 4) is 0 Å². The van der Waals surface area contributed by atoms with Gasteiger partial charge in [0.25, 0.3) is 0 Å². The van der Waals surface area contributed by atoms with Gasteiger partial charge in [0.15, 0.2) is 6.29 Å². The lowest BCUT2D eigenvalue weighted by Crippen LogP contribution is -2.59. The minimum Gasteiger partial charge on any atom is -0.394 e. The predicted octanol–water partition coefficient (Wildman–Crippen LogP) is -2.59. The first-order valence-electron chi connectivity index (χ1n) is 5.74. The van der Waals surface area contributed by atoms with Gasteiger partial charge in [0.05, 0.1) is 13.2 Å². The van der Waals surface area contributed by atoms with Crippen molar-refractivity contribution >= 4 is 0 Å². The molecule has 7 nitrogen and oxygen atoms in total. The van der Waals surface area contributed by atoms with Gasteiger partial charge in [-0.25, -0.2) is 0 Å². The highest BCUT2D eigenvalue weighted by molar-refractivity contribution is 4.88. The molecule has 0 saturated carbocycles. The molecule has 0 aromatic carbocycles. The average molecular weight is 251 g/mol. The van der Waals surface area contributed by atoms with Crippen molar-refractivity contribution in [3.05, 3.63) is 0 Å². The molecule has 1 aliphatic rings. The zero-order valence-electron chi connectivity index (χ0n) is 9.82. The summed E-state index contributed by atoms with van der Waals surface area (Å²) in [5.41, 5.74) is 0. The summed E-state index contributed by atoms with van der Waals surface area (Å²) in [4.78, 5) is 0. The molecule has 5 atom stereocenters. The van der Waals surface area contributed by atoms with E-state index >= 15 is 0 Å². The second kappa shape index (κ2) is 7.22. The predicted molar refractivity (Wildman–Crippen MR) is 58.3 cm³/mol. The minimum atomic E-state index is -1.38. The van der Waals surface area contributed by atoms with Crippen LogP contribution in [0.2, 0.25) is 0 Å². The molecule has 5 N–H and O–H groups in total. The largest absolute Gasteiger partial charge is 0.394 e. The van der Waals surface area contributed by atoms with Gasteiger partial charge in [0.2, 0.25) is 0 Å². The highest BCUT2D eigenvalue weighted by atomic mass is 16.7. The van der Waals surface area contributed by atoms with Crippen LogP contribution in [-0.4, -0.2) is 77.4 Å². The highest BCUT2D eigenvalue weighted by Crippen LogP contribution is 2.21. The normalized spacial score (nSPS) is 38.3. The molecule has 0 aliphatic carbocycles. The summed E-state index contributed by atoms with van der Waals surface area (Å²) in [6.07, 6.45) is -6.01. The number of rotatable bonds is 6. The van der Waals surface area contributed by atoms with Crippen molar-refractivity contribution in [2.75, 3.05) is 26.3 Å². The minimum absolute atomic E-state index is 0.302. The fourth-order valence-corrected chi connectivity index (χ4v) is 1.63. The molecule has 17 heavy (non-hydrogen) atoms. The van der Waals surface area contributed by atoms with E-state index in [1.54, 1.807) is 0 Å². The molecule has 0 amide bonds. The smallest absolute Gasteiger partial charge is 0.186 e. The number of aliphatic hydroxyl groups excluding tert-OH is 4. The van der Waals surface area contributed by atoms with E-state index in [0.29, 0.717) is 13.2 Å². The summed E-state index contributed by atoms with van der Waals surface area (Å²) in [6.45, 7) is 3.20. The first-order chi connectivity index (χ1) is 8.11. The van der Waals surface area contributed by atoms with Gasteiger partial charge in [-0.05, 0) is 6.54 Å². The van der Waals surface area contributed by atoms with E-state index in [0.717, 1.165) is 6.54 Å². The lowest BCUT2D eigenvalue weighted by Gasteiger charge is -2.39. The molecule has 7 heteroatoms. The van der Waals surface area contributed by atoms with Crippen molar-refractivity contribution in [2.45, 2.75) is 37.6 Å². The van der Waals surface area contributed by atoms with Crippen molar-refractivity contribution in [1.82, 2.24) is 5.32 Å². The van der Waals surface area contributed by atoms with Gasteiger partial charge in [-0.1, -0.05) is 6.92 Å². The van der Waals surface area contributed by atoms with Crippen molar-refractivity contribution < 1.29 is 29.9 Å². The summed E-state index contributed by atoms with van der Waals surface area (Å²) in [7, 11) is 0. The van der Waals surface area contributed by atoms with E-state index in [1.807, 2.05) is 6.92 Å². The summed E-state index contributed by atoms with van der Waals surface area (Å²) in [6, 6.07) is 0. The van der Waals surface area contributed by atoms with Gasteiger partial charge in [-0.2, -0.15) is 0 Å². The molecule has 1 aliphatic heterocycles. The Labute approximate surface area is 100.0 Å². The standard InChI is InChI=1S/C10H21NO6/c1-2-11-3-4-16-10-9(15)8(14)7(13)6(5-12)17-10/h6-15H,2-5H2,1H3/t6?,7-,8?,9?,10+/m0/s1. The molecule has 1 fully saturated rings. The summed E-state index contributed by atoms with van der Waals surface area (Å²) >= 11 is 0. The van der Waals surface area contributed by atoms with Crippen LogP contribution < -0.4 is 5.32 Å². The highest BCUT2D eigenvalue weighted by Gasteiger charge is 2.43. The van der Waals surface area contributed by atoms with Gasteiger partial charge >= 0.3 is 0 Å². The third-order valence-electron chi connectivity index (χ3n) is 2.66. The van der Waals surface area contributed by atoms with Crippen LogP contribution in [0.4, 0.5) is 0 Å². The number of hydrogen-bond acceptors (Lipinski definition) is 7. The first kappa shape index (κ1) is 14.8. The summed E-state index contributed by atoms with van der Waals surface area (Å²) < 4.78 is 10.4. The SMILES string of the molecule is CCNCCO[C@@H]1OC(CO)[C@H](O)C(O)C1O. The Morgan fingerprint density at radius 3 is 2.47 bits per heavy atom. The van der Waals surface area contributed by atoms with Crippen LogP contribution in [0.3, 0.4) is 0 Å². The molecule has 0 spiro atoms. The van der Waals surface area contributed by atoms with E-state index in [9.17, 15) is 15.3 Å². The van der Waals surface area contributed by atoms with Gasteiger partial charge in [0.1, 0.15) is 24.4 Å². The third kappa shape index (κ3) is 3.85. The Balaban J connectivity index is 2.42. The second-order valence-electron chi connectivity index (χ2n) is 3.92. The molecule has 1 rings (SSSR count). The maximum Gasteiger partial charge on any atom is 0.186 e. The molecule has 0 bridgehead atoms. The van der Waals surface area contributed by atoms with Crippen LogP contribution in [-0.2, 0) is 9.47 Å². The zero-order valence-corrected chi connectivity index (χ0v) is 9.82. The number of ether oxygens (including phenoxy) is 2. The number of hydrogen-bond donors (Lipinski definition) is 5. The van der Waals surface area contributed by atoms with Crippen molar-refractivity contribution in [2.24, 2.45) is 0 Å². The van der Waals surface area contributed by atoms with Crippen LogP contribution >= 0.6 is 0 Å². The summed E-state index contributed by atoms with van der Waals surface area (Å²) in [5, 5.41) is 40.6. The number of nitrogens with one attached hydrogen (secondary N) is 1. The summed E-state index contributed by atoms with van der Waals surface area (Å²) in [5.74, 6) is 0. The van der Waals surface area contributed by atoms with Crippen LogP contribution in [0.1, 0.15) is 6.92 Å². The first-order valence-corrected chi connectivity index (χ1v) is 5.74. The van der Waals surface area contributed by atoms with E-state index < -0.39 is 37.3 Å². The lowest BCUT2D eigenvalue weighted by atomic mass is 9.99. The average Bonchev–Trinajstić information content (AvgIpc) is 2.34. The second-order valence-corrected chi connectivity index (χ2v) is 3.92. The monoisotopic (exact) mass is 251 g/mol. The lowest BCUT2D eigenvalue weighted by molar-refractivity contribution is -0.300. The molecular formula is C10H21NO6. The maximum atomic E-state index is 9.62. The molecule has 1 heterocycles. The van der Waals surface area contributed by atoms with Crippen molar-refractivity contribution in [1.29, 1.82) is 0 Å². The Morgan fingerprint density at radius 2 is 1.88 bits per heavy atom. The van der Waals surface area contributed by atoms with Crippen LogP contribution in [0.5, 0.6) is 0 Å². The van der Waals surface area contributed by atoms with Gasteiger partial charge in [0, 0.05) is 6.54 Å². The van der Waals surface area contributed by atoms with E-state index in [2.05, 4.69) is 5.32 Å². The molecule has 0 aromatic heterocycles. The molecular weight excluding hydrogens is 230 g/mol. The zero-order chi connectivity index (χ0) is 12.8. The molecule has 0 radical (unpaired) electrons. The van der Waals surface area contributed by atoms with Gasteiger partial charge < -0.3 is 35.2 Å². The van der Waals surface area contributed by atoms with E-state index in [4.69, 9.17) is 14.6 Å². The fourth-order valence-electron chi connectivity index (χ4n) is 1.63. The molecule has 1 saturated heterocycles. The fraction of sp³-hybridized carbons (Fsp3) is 1.00. The third-order valence-corrected chi connectivity index (χ3v) is 2.66. The quantitative estimate of drug-likeness (QED) is 0.329. The van der Waals surface area contributed by atoms with Crippen LogP contribution in [0.15, 0.2) is 0 Å². The Hall–Kier alpha value is -0.280. The number of likely N-dealkylation sites (N-methyl/N-ethyl adjacent to an activating group) is 1. The topological polar surface area (TPSA) is 111 Å². The molecule has 0 aromatic rings. The van der Waals surface area contributed by atoms with Gasteiger partial charge in [-0.3, -0.25) is 0 Å². The van der Waals surface area contributed by atoms with E-state index in [1.165, 1.54) is 0 Å². The van der Waals surface area contributed by atoms with Gasteiger partial charge in [-0.15, -0.1) is 0 Å². The number of aliphatic hydroxyl groups is 4. The van der Waals surface area contributed by atoms with Crippen molar-refractivity contribution in [3.63, 3.8) is 0 Å². The maximum absolute atomic E-state index is 9.62. The molecule has 102 valence electrons. The van der Waals surface area contributed by atoms with Crippen LogP contribution in [0, 0.1) is 0 Å². The molecule has 3 unspecified atom stereocenters. The Bertz CT molecular complexity index is 215.